The lowest BCUT2D eigenvalue weighted by Gasteiger charge is -2.26. The molecule has 22 heavy (non-hydrogen) atoms. The minimum atomic E-state index is -1.02. The van der Waals surface area contributed by atoms with Crippen LogP contribution < -0.4 is 0 Å². The second kappa shape index (κ2) is 6.41. The van der Waals surface area contributed by atoms with Crippen LogP contribution in [0.1, 0.15) is 22.6 Å². The van der Waals surface area contributed by atoms with E-state index in [1.807, 2.05) is 17.7 Å². The van der Waals surface area contributed by atoms with Gasteiger partial charge < -0.3 is 14.4 Å². The van der Waals surface area contributed by atoms with Crippen molar-refractivity contribution in [2.75, 3.05) is 32.8 Å². The molecular weight excluding hydrogens is 284 g/mol. The maximum atomic E-state index is 11.2. The number of carboxylic acid groups (broad SMARTS) is 1. The van der Waals surface area contributed by atoms with E-state index in [2.05, 4.69) is 14.9 Å². The molecule has 1 saturated heterocycles. The molecule has 1 aliphatic rings. The number of aryl methyl sites for hydroxylation is 2. The maximum Gasteiger partial charge on any atom is 0.355 e. The fourth-order valence-electron chi connectivity index (χ4n) is 2.90. The van der Waals surface area contributed by atoms with E-state index in [1.165, 1.54) is 6.33 Å². The maximum absolute atomic E-state index is 11.2. The van der Waals surface area contributed by atoms with Gasteiger partial charge >= 0.3 is 5.97 Å². The van der Waals surface area contributed by atoms with Crippen molar-refractivity contribution in [1.29, 1.82) is 0 Å². The summed E-state index contributed by atoms with van der Waals surface area (Å²) in [6.45, 7) is 4.63. The van der Waals surface area contributed by atoms with Crippen molar-refractivity contribution in [2.24, 2.45) is 7.05 Å². The Morgan fingerprint density at radius 2 is 2.14 bits per heavy atom. The van der Waals surface area contributed by atoms with Crippen molar-refractivity contribution < 1.29 is 14.6 Å². The van der Waals surface area contributed by atoms with Crippen LogP contribution in [0, 0.1) is 0 Å². The third-order valence-electron chi connectivity index (χ3n) is 4.14. The molecule has 2 aromatic rings. The summed E-state index contributed by atoms with van der Waals surface area (Å²) in [7, 11) is 1.92. The molecule has 7 heteroatoms. The van der Waals surface area contributed by atoms with E-state index >= 15 is 0 Å². The third kappa shape index (κ3) is 2.95. The van der Waals surface area contributed by atoms with Crippen molar-refractivity contribution in [1.82, 2.24) is 19.4 Å². The van der Waals surface area contributed by atoms with E-state index in [-0.39, 0.29) is 5.69 Å². The van der Waals surface area contributed by atoms with E-state index in [9.17, 15) is 9.90 Å². The second-order valence-electron chi connectivity index (χ2n) is 5.52. The van der Waals surface area contributed by atoms with Crippen LogP contribution in [0.3, 0.4) is 0 Å². The number of hydrogen-bond acceptors (Lipinski definition) is 5. The summed E-state index contributed by atoms with van der Waals surface area (Å²) < 4.78 is 7.30. The normalized spacial score (nSPS) is 16.2. The number of nitrogens with zero attached hydrogens (tertiary/aromatic N) is 4. The summed E-state index contributed by atoms with van der Waals surface area (Å²) in [4.78, 5) is 21.7. The van der Waals surface area contributed by atoms with Crippen LogP contribution in [0.25, 0.3) is 11.0 Å². The van der Waals surface area contributed by atoms with Crippen LogP contribution in [0.15, 0.2) is 12.4 Å². The van der Waals surface area contributed by atoms with Crippen LogP contribution in [-0.2, 0) is 18.2 Å². The molecule has 1 fully saturated rings. The summed E-state index contributed by atoms with van der Waals surface area (Å²) in [5.74, 6) is -1.02. The topological polar surface area (TPSA) is 80.5 Å². The van der Waals surface area contributed by atoms with Gasteiger partial charge in [-0.2, -0.15) is 0 Å². The molecular formula is C15H20N4O3. The molecule has 0 saturated carbocycles. The monoisotopic (exact) mass is 304 g/mol. The molecule has 118 valence electrons. The largest absolute Gasteiger partial charge is 0.476 e. The minimum absolute atomic E-state index is 0.0695. The van der Waals surface area contributed by atoms with Gasteiger partial charge in [0, 0.05) is 25.8 Å². The molecule has 3 heterocycles. The zero-order valence-corrected chi connectivity index (χ0v) is 12.7. The Hall–Kier alpha value is -1.99. The first-order valence-electron chi connectivity index (χ1n) is 7.49. The second-order valence-corrected chi connectivity index (χ2v) is 5.52. The van der Waals surface area contributed by atoms with Gasteiger partial charge in [-0.3, -0.25) is 4.90 Å². The van der Waals surface area contributed by atoms with Gasteiger partial charge in [-0.1, -0.05) is 0 Å². The fraction of sp³-hybridized carbons (Fsp3) is 0.533. The first kappa shape index (κ1) is 14.9. The molecule has 0 aromatic carbocycles. The number of ether oxygens (including phenoxy) is 1. The highest BCUT2D eigenvalue weighted by Gasteiger charge is 2.16. The molecule has 1 N–H and O–H groups in total. The Morgan fingerprint density at radius 1 is 1.36 bits per heavy atom. The molecule has 0 unspecified atom stereocenters. The van der Waals surface area contributed by atoms with Crippen LogP contribution in [0.4, 0.5) is 0 Å². The standard InChI is InChI=1S/C15H20N4O3/c1-18-11(3-2-4-19-5-7-22-8-6-19)9-12-13(15(20)21)16-10-17-14(12)18/h9-10H,2-8H2,1H3,(H,20,21). The van der Waals surface area contributed by atoms with Gasteiger partial charge in [-0.25, -0.2) is 14.8 Å². The highest BCUT2D eigenvalue weighted by atomic mass is 16.5. The fourth-order valence-corrected chi connectivity index (χ4v) is 2.90. The Kier molecular flexibility index (Phi) is 4.35. The third-order valence-corrected chi connectivity index (χ3v) is 4.14. The van der Waals surface area contributed by atoms with E-state index in [4.69, 9.17) is 4.74 Å². The number of carboxylic acids is 1. The number of rotatable bonds is 5. The molecule has 2 aromatic heterocycles. The van der Waals surface area contributed by atoms with Gasteiger partial charge in [0.1, 0.15) is 12.0 Å². The van der Waals surface area contributed by atoms with Gasteiger partial charge in [0.05, 0.1) is 18.6 Å². The highest BCUT2D eigenvalue weighted by molar-refractivity contribution is 6.00. The van der Waals surface area contributed by atoms with Crippen molar-refractivity contribution in [3.63, 3.8) is 0 Å². The van der Waals surface area contributed by atoms with Crippen LogP contribution in [0.2, 0.25) is 0 Å². The van der Waals surface area contributed by atoms with Crippen LogP contribution in [-0.4, -0.2) is 63.4 Å². The number of aromatic carboxylic acids is 1. The number of aromatic nitrogens is 3. The van der Waals surface area contributed by atoms with E-state index in [1.54, 1.807) is 0 Å². The SMILES string of the molecule is Cn1c(CCCN2CCOCC2)cc2c(C(=O)O)ncnc21. The lowest BCUT2D eigenvalue weighted by Crippen LogP contribution is -2.37. The number of morpholine rings is 1. The molecule has 0 aliphatic carbocycles. The first-order valence-corrected chi connectivity index (χ1v) is 7.49. The molecule has 0 bridgehead atoms. The lowest BCUT2D eigenvalue weighted by atomic mass is 10.2. The Balaban J connectivity index is 1.72. The molecule has 0 amide bonds. The zero-order valence-electron chi connectivity index (χ0n) is 12.7. The number of fused-ring (bicyclic) bond motifs is 1. The predicted octanol–water partition coefficient (Wildman–Crippen LogP) is 0.931. The molecule has 3 rings (SSSR count). The van der Waals surface area contributed by atoms with Gasteiger partial charge in [0.15, 0.2) is 5.69 Å². The average molecular weight is 304 g/mol. The van der Waals surface area contributed by atoms with Gasteiger partial charge in [-0.05, 0) is 25.5 Å². The van der Waals surface area contributed by atoms with Gasteiger partial charge in [0.2, 0.25) is 0 Å². The molecule has 7 nitrogen and oxygen atoms in total. The highest BCUT2D eigenvalue weighted by Crippen LogP contribution is 2.20. The van der Waals surface area contributed by atoms with Crippen molar-refractivity contribution in [3.8, 4) is 0 Å². The summed E-state index contributed by atoms with van der Waals surface area (Å²) in [6, 6.07) is 1.90. The van der Waals surface area contributed by atoms with Crippen molar-refractivity contribution in [2.45, 2.75) is 12.8 Å². The van der Waals surface area contributed by atoms with Crippen LogP contribution in [0.5, 0.6) is 0 Å². The smallest absolute Gasteiger partial charge is 0.355 e. The quantitative estimate of drug-likeness (QED) is 0.885. The minimum Gasteiger partial charge on any atom is -0.476 e. The Morgan fingerprint density at radius 3 is 2.86 bits per heavy atom. The molecule has 0 radical (unpaired) electrons. The predicted molar refractivity (Wildman–Crippen MR) is 81.0 cm³/mol. The number of hydrogen-bond donors (Lipinski definition) is 1. The zero-order chi connectivity index (χ0) is 15.5. The average Bonchev–Trinajstić information content (AvgIpc) is 2.85. The summed E-state index contributed by atoms with van der Waals surface area (Å²) in [5, 5.41) is 9.82. The van der Waals surface area contributed by atoms with E-state index in [0.717, 1.165) is 51.4 Å². The van der Waals surface area contributed by atoms with E-state index < -0.39 is 5.97 Å². The lowest BCUT2D eigenvalue weighted by molar-refractivity contribution is 0.0374. The number of carbonyl (C=O) groups is 1. The molecule has 0 atom stereocenters. The van der Waals surface area contributed by atoms with Crippen LogP contribution >= 0.6 is 0 Å². The molecule has 1 aliphatic heterocycles. The van der Waals surface area contributed by atoms with Gasteiger partial charge in [0.25, 0.3) is 0 Å². The Bertz CT molecular complexity index is 677. The van der Waals surface area contributed by atoms with E-state index in [0.29, 0.717) is 11.0 Å². The Labute approximate surface area is 128 Å². The van der Waals surface area contributed by atoms with Crippen molar-refractivity contribution in [3.05, 3.63) is 23.8 Å². The van der Waals surface area contributed by atoms with Gasteiger partial charge in [-0.15, -0.1) is 0 Å². The molecule has 0 spiro atoms. The summed E-state index contributed by atoms with van der Waals surface area (Å²) in [5.41, 5.74) is 1.83. The van der Waals surface area contributed by atoms with Crippen molar-refractivity contribution >= 4 is 17.0 Å². The summed E-state index contributed by atoms with van der Waals surface area (Å²) in [6.07, 6.45) is 3.23. The summed E-state index contributed by atoms with van der Waals surface area (Å²) >= 11 is 0. The first-order chi connectivity index (χ1) is 10.7.